The maximum atomic E-state index is 15.1. The van der Waals surface area contributed by atoms with Crippen molar-refractivity contribution in [3.05, 3.63) is 99.6 Å². The lowest BCUT2D eigenvalue weighted by molar-refractivity contribution is -0.131. The molecule has 6 unspecified atom stereocenters. The molecule has 2 saturated heterocycles. The van der Waals surface area contributed by atoms with E-state index in [1.165, 1.54) is 33.8 Å². The van der Waals surface area contributed by atoms with Crippen LogP contribution in [0.25, 0.3) is 20.7 Å². The molecule has 4 aliphatic rings. The molecule has 3 N–H and O–H groups in total. The van der Waals surface area contributed by atoms with Crippen LogP contribution in [0, 0.1) is 36.0 Å². The normalized spacial score (nSPS) is 26.1. The van der Waals surface area contributed by atoms with Gasteiger partial charge in [0.1, 0.15) is 17.3 Å². The van der Waals surface area contributed by atoms with Crippen LogP contribution in [0.15, 0.2) is 78.4 Å². The lowest BCUT2D eigenvalue weighted by Gasteiger charge is -2.49. The Morgan fingerprint density at radius 3 is 2.45 bits per heavy atom. The summed E-state index contributed by atoms with van der Waals surface area (Å²) in [4.78, 5) is 61.6. The predicted octanol–water partition coefficient (Wildman–Crippen LogP) is 5.74. The number of amides is 4. The molecule has 0 bridgehead atoms. The molecule has 4 amide bonds. The highest BCUT2D eigenvalue weighted by atomic mass is 35.5. The minimum atomic E-state index is -1.80. The van der Waals surface area contributed by atoms with Gasteiger partial charge in [0.2, 0.25) is 23.6 Å². The van der Waals surface area contributed by atoms with Crippen molar-refractivity contribution in [1.29, 1.82) is 0 Å². The van der Waals surface area contributed by atoms with Crippen LogP contribution in [-0.4, -0.2) is 55.7 Å². The number of thiophene rings is 1. The van der Waals surface area contributed by atoms with E-state index in [2.05, 4.69) is 0 Å². The lowest BCUT2D eigenvalue weighted by atomic mass is 9.51. The van der Waals surface area contributed by atoms with Gasteiger partial charge in [0.05, 0.1) is 33.7 Å². The first-order valence-electron chi connectivity index (χ1n) is 17.8. The number of aryl methyl sites for hydroxylation is 2. The van der Waals surface area contributed by atoms with E-state index in [1.807, 2.05) is 31.2 Å². The van der Waals surface area contributed by atoms with Crippen molar-refractivity contribution >= 4 is 92.3 Å². The number of hydrogen-bond acceptors (Lipinski definition) is 9. The zero-order valence-electron chi connectivity index (χ0n) is 29.7. The van der Waals surface area contributed by atoms with E-state index in [-0.39, 0.29) is 34.8 Å². The number of rotatable bonds is 5. The lowest BCUT2D eigenvalue weighted by Crippen LogP contribution is -2.49. The smallest absolute Gasteiger partial charge is 0.488 e. The van der Waals surface area contributed by atoms with Gasteiger partial charge < -0.3 is 15.2 Å². The maximum Gasteiger partial charge on any atom is 0.488 e. The summed E-state index contributed by atoms with van der Waals surface area (Å²) in [5.74, 6) is -5.40. The number of anilines is 2. The SMILES string of the molecule is Cc1c(-c2cc(N3C(=O)C4CC5C(=CCC6C(=O)N(c7cccc(B(O)O)c7)C(=O)C65)C(c5ccc(O)cc5Cl)C4(C)C3=O)n(C)n2)sc2ccc(Cl)cc12. The number of benzene rings is 3. The van der Waals surface area contributed by atoms with Crippen molar-refractivity contribution in [2.45, 2.75) is 32.6 Å². The molecule has 4 heterocycles. The second-order valence-electron chi connectivity index (χ2n) is 15.1. The molecule has 0 spiro atoms. The molecule has 5 aromatic rings. The summed E-state index contributed by atoms with van der Waals surface area (Å²) >= 11 is 14.7. The van der Waals surface area contributed by atoms with Gasteiger partial charge in [-0.3, -0.25) is 28.8 Å². The maximum absolute atomic E-state index is 15.1. The van der Waals surface area contributed by atoms with Crippen LogP contribution in [0.1, 0.15) is 36.8 Å². The Balaban J connectivity index is 1.15. The minimum Gasteiger partial charge on any atom is -0.508 e. The minimum absolute atomic E-state index is 0.0698. The number of aromatic hydroxyl groups is 1. The highest BCUT2D eigenvalue weighted by molar-refractivity contribution is 7.22. The molecule has 2 aliphatic carbocycles. The molecule has 55 heavy (non-hydrogen) atoms. The van der Waals surface area contributed by atoms with Crippen molar-refractivity contribution in [1.82, 2.24) is 9.78 Å². The largest absolute Gasteiger partial charge is 0.508 e. The van der Waals surface area contributed by atoms with Gasteiger partial charge in [-0.15, -0.1) is 11.3 Å². The van der Waals surface area contributed by atoms with Crippen LogP contribution in [0.5, 0.6) is 5.75 Å². The standard InChI is InChI=1S/C40H33BCl2N4O7S/c1-18-26-14-20(42)7-12-31(26)55-35(18)30-17-32(45(3)44-30)47-37(50)28-16-27-23(34(40(28,2)39(47)52)24-9-8-22(48)15-29(24)43)10-11-25-33(27)38(51)46(36(25)49)21-6-4-5-19(13-21)41(53)54/h4-10,12-15,17,25,27-28,33-34,48,53-54H,11,16H2,1-3H3. The third kappa shape index (κ3) is 5.13. The summed E-state index contributed by atoms with van der Waals surface area (Å²) in [7, 11) is -0.111. The molecule has 0 radical (unpaired) electrons. The summed E-state index contributed by atoms with van der Waals surface area (Å²) in [6, 6.07) is 18.0. The molecule has 1 saturated carbocycles. The Kier molecular flexibility index (Phi) is 8.23. The zero-order chi connectivity index (χ0) is 38.8. The van der Waals surface area contributed by atoms with E-state index < -0.39 is 65.8 Å². The molecule has 2 aromatic heterocycles. The number of phenols is 1. The Labute approximate surface area is 329 Å². The predicted molar refractivity (Wildman–Crippen MR) is 210 cm³/mol. The number of carbonyl (C=O) groups excluding carboxylic acids is 4. The van der Waals surface area contributed by atoms with Gasteiger partial charge in [0, 0.05) is 33.8 Å². The Morgan fingerprint density at radius 1 is 0.927 bits per heavy atom. The van der Waals surface area contributed by atoms with Gasteiger partial charge in [0.25, 0.3) is 0 Å². The average Bonchev–Trinajstić information content (AvgIpc) is 3.82. The zero-order valence-corrected chi connectivity index (χ0v) is 32.1. The number of aromatic nitrogens is 2. The summed E-state index contributed by atoms with van der Waals surface area (Å²) in [6.07, 6.45) is 2.26. The number of nitrogens with zero attached hydrogens (tertiary/aromatic N) is 4. The third-order valence-electron chi connectivity index (χ3n) is 12.2. The quantitative estimate of drug-likeness (QED) is 0.116. The number of allylic oxidation sites excluding steroid dienone is 2. The fourth-order valence-corrected chi connectivity index (χ4v) is 11.2. The highest BCUT2D eigenvalue weighted by Gasteiger charge is 2.68. The van der Waals surface area contributed by atoms with Crippen LogP contribution in [-0.2, 0) is 26.2 Å². The monoisotopic (exact) mass is 794 g/mol. The van der Waals surface area contributed by atoms with E-state index in [0.717, 1.165) is 31.0 Å². The topological polar surface area (TPSA) is 153 Å². The van der Waals surface area contributed by atoms with Gasteiger partial charge >= 0.3 is 7.12 Å². The first kappa shape index (κ1) is 35.9. The van der Waals surface area contributed by atoms with Gasteiger partial charge in [-0.1, -0.05) is 53.1 Å². The van der Waals surface area contributed by atoms with Crippen molar-refractivity contribution in [3.8, 4) is 16.3 Å². The summed E-state index contributed by atoms with van der Waals surface area (Å²) in [6.45, 7) is 3.75. The number of halogens is 2. The molecule has 6 atom stereocenters. The van der Waals surface area contributed by atoms with E-state index >= 15 is 4.79 Å². The molecule has 2 aliphatic heterocycles. The fraction of sp³-hybridized carbons (Fsp3) is 0.275. The molecule has 15 heteroatoms. The summed E-state index contributed by atoms with van der Waals surface area (Å²) in [5.41, 5.74) is 1.82. The van der Waals surface area contributed by atoms with E-state index in [4.69, 9.17) is 28.3 Å². The van der Waals surface area contributed by atoms with Crippen molar-refractivity contribution in [3.63, 3.8) is 0 Å². The van der Waals surface area contributed by atoms with E-state index in [9.17, 15) is 29.5 Å². The number of hydrogen-bond donors (Lipinski definition) is 3. The molecular formula is C40H33BCl2N4O7S. The number of imide groups is 2. The van der Waals surface area contributed by atoms with Gasteiger partial charge in [0.15, 0.2) is 0 Å². The van der Waals surface area contributed by atoms with E-state index in [1.54, 1.807) is 49.6 Å². The van der Waals surface area contributed by atoms with Crippen LogP contribution >= 0.6 is 34.5 Å². The van der Waals surface area contributed by atoms with Crippen molar-refractivity contribution in [2.75, 3.05) is 9.80 Å². The van der Waals surface area contributed by atoms with Crippen molar-refractivity contribution in [2.24, 2.45) is 36.1 Å². The second kappa shape index (κ2) is 12.6. The first-order valence-corrected chi connectivity index (χ1v) is 19.4. The van der Waals surface area contributed by atoms with Crippen LogP contribution < -0.4 is 15.3 Å². The highest BCUT2D eigenvalue weighted by Crippen LogP contribution is 2.64. The number of phenolic OH excluding ortho intramolecular Hbond substituents is 1. The first-order chi connectivity index (χ1) is 26.2. The molecule has 278 valence electrons. The van der Waals surface area contributed by atoms with Crippen molar-refractivity contribution < 1.29 is 34.3 Å². The Morgan fingerprint density at radius 2 is 1.71 bits per heavy atom. The second-order valence-corrected chi connectivity index (χ2v) is 17.0. The molecule has 9 rings (SSSR count). The van der Waals surface area contributed by atoms with Crippen LogP contribution in [0.3, 0.4) is 0 Å². The Hall–Kier alpha value is -4.79. The van der Waals surface area contributed by atoms with Gasteiger partial charge in [-0.25, -0.2) is 4.90 Å². The fourth-order valence-electron chi connectivity index (χ4n) is 9.62. The molecular weight excluding hydrogens is 762 g/mol. The number of fused-ring (bicyclic) bond motifs is 5. The van der Waals surface area contributed by atoms with Crippen LogP contribution in [0.4, 0.5) is 11.5 Å². The summed E-state index contributed by atoms with van der Waals surface area (Å²) < 4.78 is 2.55. The van der Waals surface area contributed by atoms with Gasteiger partial charge in [-0.2, -0.15) is 5.10 Å². The molecule has 3 fully saturated rings. The average molecular weight is 796 g/mol. The Bertz CT molecular complexity index is 2570. The summed E-state index contributed by atoms with van der Waals surface area (Å²) in [5, 5.41) is 36.5. The van der Waals surface area contributed by atoms with Crippen LogP contribution in [0.2, 0.25) is 10.0 Å². The molecule has 3 aromatic carbocycles. The van der Waals surface area contributed by atoms with Gasteiger partial charge in [-0.05, 0) is 97.0 Å². The number of carbonyl (C=O) groups is 4. The van der Waals surface area contributed by atoms with E-state index in [0.29, 0.717) is 22.1 Å². The third-order valence-corrected chi connectivity index (χ3v) is 14.1. The molecule has 11 nitrogen and oxygen atoms in total.